The fourth-order valence-electron chi connectivity index (χ4n) is 3.09. The minimum absolute atomic E-state index is 0.360. The number of fused-ring (bicyclic) bond motifs is 2. The van der Waals surface area contributed by atoms with Crippen molar-refractivity contribution in [3.63, 3.8) is 0 Å². The maximum atomic E-state index is 10.1. The second-order valence-corrected chi connectivity index (χ2v) is 5.35. The molecule has 98 valence electrons. The third-order valence-electron chi connectivity index (χ3n) is 4.07. The summed E-state index contributed by atoms with van der Waals surface area (Å²) in [4.78, 5) is 2.39. The molecular formula is C15H21NO2. The van der Waals surface area contributed by atoms with Gasteiger partial charge in [-0.15, -0.1) is 0 Å². The Balaban J connectivity index is 1.87. The Kier molecular flexibility index (Phi) is 3.27. The van der Waals surface area contributed by atoms with E-state index in [0.29, 0.717) is 12.2 Å². The van der Waals surface area contributed by atoms with Crippen molar-refractivity contribution in [3.05, 3.63) is 29.8 Å². The molecule has 1 aromatic carbocycles. The fraction of sp³-hybridized carbons (Fsp3) is 0.600. The molecule has 0 aliphatic carbocycles. The van der Waals surface area contributed by atoms with Gasteiger partial charge < -0.3 is 14.7 Å². The number of hydrogen-bond acceptors (Lipinski definition) is 3. The molecule has 0 saturated carbocycles. The molecule has 1 N–H and O–H groups in total. The van der Waals surface area contributed by atoms with Gasteiger partial charge in [0.05, 0.1) is 18.3 Å². The lowest BCUT2D eigenvalue weighted by Gasteiger charge is -2.35. The Bertz CT molecular complexity index is 409. The fourth-order valence-corrected chi connectivity index (χ4v) is 3.09. The number of para-hydroxylation sites is 1. The zero-order chi connectivity index (χ0) is 12.5. The van der Waals surface area contributed by atoms with Crippen molar-refractivity contribution in [3.8, 4) is 0 Å². The number of rotatable bonds is 3. The van der Waals surface area contributed by atoms with Gasteiger partial charge >= 0.3 is 0 Å². The van der Waals surface area contributed by atoms with Crippen molar-refractivity contribution in [2.45, 2.75) is 44.5 Å². The first-order valence-electron chi connectivity index (χ1n) is 6.95. The van der Waals surface area contributed by atoms with Crippen molar-refractivity contribution in [1.82, 2.24) is 0 Å². The third-order valence-corrected chi connectivity index (χ3v) is 4.07. The van der Waals surface area contributed by atoms with Gasteiger partial charge in [0.15, 0.2) is 0 Å². The van der Waals surface area contributed by atoms with E-state index in [2.05, 4.69) is 17.0 Å². The van der Waals surface area contributed by atoms with Gasteiger partial charge in [0.25, 0.3) is 0 Å². The van der Waals surface area contributed by atoms with Crippen LogP contribution in [0.25, 0.3) is 0 Å². The molecule has 18 heavy (non-hydrogen) atoms. The summed E-state index contributed by atoms with van der Waals surface area (Å²) in [6.07, 6.45) is 3.53. The molecule has 2 aliphatic heterocycles. The Hall–Kier alpha value is -1.06. The third kappa shape index (κ3) is 2.13. The van der Waals surface area contributed by atoms with Crippen LogP contribution < -0.4 is 4.90 Å². The highest BCUT2D eigenvalue weighted by Gasteiger charge is 2.34. The second-order valence-electron chi connectivity index (χ2n) is 5.35. The van der Waals surface area contributed by atoms with E-state index in [9.17, 15) is 5.11 Å². The molecule has 1 aromatic rings. The Morgan fingerprint density at radius 2 is 1.94 bits per heavy atom. The first-order chi connectivity index (χ1) is 8.78. The number of ether oxygens (including phenoxy) is 1. The van der Waals surface area contributed by atoms with Crippen LogP contribution in [0.5, 0.6) is 0 Å². The highest BCUT2D eigenvalue weighted by Crippen LogP contribution is 2.34. The maximum Gasteiger partial charge on any atom is 0.0807 e. The van der Waals surface area contributed by atoms with Crippen LogP contribution in [0.2, 0.25) is 0 Å². The van der Waals surface area contributed by atoms with Crippen LogP contribution >= 0.6 is 0 Å². The molecule has 0 spiro atoms. The lowest BCUT2D eigenvalue weighted by molar-refractivity contribution is 0.0302. The summed E-state index contributed by atoms with van der Waals surface area (Å²) in [5, 5.41) is 10.1. The molecule has 3 atom stereocenters. The molecule has 3 rings (SSSR count). The van der Waals surface area contributed by atoms with Crippen molar-refractivity contribution < 1.29 is 9.84 Å². The maximum absolute atomic E-state index is 10.1. The van der Waals surface area contributed by atoms with Crippen LogP contribution in [0.4, 0.5) is 5.69 Å². The zero-order valence-corrected chi connectivity index (χ0v) is 10.9. The number of benzene rings is 1. The van der Waals surface area contributed by atoms with E-state index in [0.717, 1.165) is 25.1 Å². The van der Waals surface area contributed by atoms with Crippen LogP contribution in [0.15, 0.2) is 24.3 Å². The van der Waals surface area contributed by atoms with E-state index in [-0.39, 0.29) is 6.10 Å². The van der Waals surface area contributed by atoms with Crippen molar-refractivity contribution in [2.24, 2.45) is 0 Å². The van der Waals surface area contributed by atoms with Gasteiger partial charge in [-0.3, -0.25) is 0 Å². The highest BCUT2D eigenvalue weighted by atomic mass is 16.5. The zero-order valence-electron chi connectivity index (χ0n) is 10.9. The topological polar surface area (TPSA) is 32.7 Å². The lowest BCUT2D eigenvalue weighted by Crippen LogP contribution is -2.43. The minimum atomic E-state index is -0.360. The molecule has 0 aromatic heterocycles. The summed E-state index contributed by atoms with van der Waals surface area (Å²) in [5.41, 5.74) is 2.24. The largest absolute Gasteiger partial charge is 0.388 e. The van der Waals surface area contributed by atoms with Gasteiger partial charge in [-0.05, 0) is 25.3 Å². The van der Waals surface area contributed by atoms with Gasteiger partial charge in [-0.25, -0.2) is 0 Å². The van der Waals surface area contributed by atoms with E-state index in [4.69, 9.17) is 4.74 Å². The van der Waals surface area contributed by atoms with Gasteiger partial charge in [0.1, 0.15) is 0 Å². The average Bonchev–Trinajstić information content (AvgIpc) is 2.76. The molecule has 3 heteroatoms. The van der Waals surface area contributed by atoms with Crippen molar-refractivity contribution in [1.29, 1.82) is 0 Å². The SMILES string of the molecule is CC[C@H](O)c1ccccc1N1CC2CCC(C1)O2. The van der Waals surface area contributed by atoms with E-state index in [1.165, 1.54) is 18.5 Å². The molecule has 2 heterocycles. The summed E-state index contributed by atoms with van der Waals surface area (Å²) in [6.45, 7) is 3.94. The van der Waals surface area contributed by atoms with E-state index in [1.807, 2.05) is 19.1 Å². The number of nitrogens with zero attached hydrogens (tertiary/aromatic N) is 1. The molecular weight excluding hydrogens is 226 g/mol. The summed E-state index contributed by atoms with van der Waals surface area (Å²) < 4.78 is 5.87. The smallest absolute Gasteiger partial charge is 0.0807 e. The summed E-state index contributed by atoms with van der Waals surface area (Å²) in [5.74, 6) is 0. The molecule has 2 saturated heterocycles. The molecule has 2 aliphatic rings. The van der Waals surface area contributed by atoms with Crippen molar-refractivity contribution >= 4 is 5.69 Å². The Labute approximate surface area is 108 Å². The predicted molar refractivity (Wildman–Crippen MR) is 71.8 cm³/mol. The Morgan fingerprint density at radius 3 is 2.61 bits per heavy atom. The van der Waals surface area contributed by atoms with Gasteiger partial charge in [0.2, 0.25) is 0 Å². The second kappa shape index (κ2) is 4.90. The molecule has 0 radical (unpaired) electrons. The first-order valence-corrected chi connectivity index (χ1v) is 6.95. The number of aliphatic hydroxyl groups is 1. The van der Waals surface area contributed by atoms with Crippen molar-refractivity contribution in [2.75, 3.05) is 18.0 Å². The summed E-state index contributed by atoms with van der Waals surface area (Å²) in [6, 6.07) is 8.23. The number of anilines is 1. The first kappa shape index (κ1) is 12.0. The van der Waals surface area contributed by atoms with Crippen LogP contribution in [0.3, 0.4) is 0 Å². The standard InChI is InChI=1S/C15H21NO2/c1-2-15(17)13-5-3-4-6-14(13)16-9-11-7-8-12(10-16)18-11/h3-6,11-12,15,17H,2,7-10H2,1H3/t11?,12?,15-/m0/s1. The molecule has 2 fully saturated rings. The molecule has 2 unspecified atom stereocenters. The summed E-state index contributed by atoms with van der Waals surface area (Å²) in [7, 11) is 0. The van der Waals surface area contributed by atoms with Gasteiger partial charge in [0, 0.05) is 24.3 Å². The van der Waals surface area contributed by atoms with Crippen LogP contribution in [-0.2, 0) is 4.74 Å². The molecule has 3 nitrogen and oxygen atoms in total. The predicted octanol–water partition coefficient (Wildman–Crippen LogP) is 2.50. The minimum Gasteiger partial charge on any atom is -0.388 e. The normalized spacial score (nSPS) is 28.4. The molecule has 2 bridgehead atoms. The van der Waals surface area contributed by atoms with Crippen LogP contribution in [0.1, 0.15) is 37.9 Å². The van der Waals surface area contributed by atoms with Gasteiger partial charge in [-0.2, -0.15) is 0 Å². The quantitative estimate of drug-likeness (QED) is 0.890. The van der Waals surface area contributed by atoms with E-state index >= 15 is 0 Å². The van der Waals surface area contributed by atoms with Crippen LogP contribution in [0, 0.1) is 0 Å². The summed E-state index contributed by atoms with van der Waals surface area (Å²) >= 11 is 0. The van der Waals surface area contributed by atoms with E-state index < -0.39 is 0 Å². The highest BCUT2D eigenvalue weighted by molar-refractivity contribution is 5.55. The molecule has 0 amide bonds. The number of aliphatic hydroxyl groups excluding tert-OH is 1. The van der Waals surface area contributed by atoms with Gasteiger partial charge in [-0.1, -0.05) is 25.1 Å². The number of hydrogen-bond donors (Lipinski definition) is 1. The Morgan fingerprint density at radius 1 is 1.28 bits per heavy atom. The van der Waals surface area contributed by atoms with E-state index in [1.54, 1.807) is 0 Å². The van der Waals surface area contributed by atoms with Crippen LogP contribution in [-0.4, -0.2) is 30.4 Å². The average molecular weight is 247 g/mol. The lowest BCUT2D eigenvalue weighted by atomic mass is 10.0. The number of morpholine rings is 1. The monoisotopic (exact) mass is 247 g/mol.